The molecule has 1 heterocycles. The van der Waals surface area contributed by atoms with Crippen LogP contribution < -0.4 is 16.0 Å². The van der Waals surface area contributed by atoms with Gasteiger partial charge in [-0.25, -0.2) is 0 Å². The Morgan fingerprint density at radius 3 is 2.80 bits per heavy atom. The van der Waals surface area contributed by atoms with Gasteiger partial charge in [-0.05, 0) is 64.2 Å². The average molecular weight is 336 g/mol. The van der Waals surface area contributed by atoms with Crippen molar-refractivity contribution < 1.29 is 4.74 Å². The molecule has 20 heavy (non-hydrogen) atoms. The molecule has 0 amide bonds. The summed E-state index contributed by atoms with van der Waals surface area (Å²) in [5, 5.41) is 0. The molecule has 0 aliphatic heterocycles. The monoisotopic (exact) mass is 335 g/mol. The molecule has 106 valence electrons. The minimum absolute atomic E-state index is 0.0540. The standard InChI is InChI=1S/C15H18BrN3O/c1-10-9-18-6-5-12(10)14(19-17)8-11-3-4-15(20-2)13(16)7-11/h3-7,9,14,19H,8,17H2,1-2H3. The smallest absolute Gasteiger partial charge is 0.133 e. The molecule has 2 aromatic rings. The van der Waals surface area contributed by atoms with Gasteiger partial charge in [0.15, 0.2) is 0 Å². The van der Waals surface area contributed by atoms with Gasteiger partial charge in [-0.3, -0.25) is 16.3 Å². The minimum Gasteiger partial charge on any atom is -0.496 e. The number of hydrogen-bond donors (Lipinski definition) is 2. The summed E-state index contributed by atoms with van der Waals surface area (Å²) in [6.45, 7) is 2.04. The van der Waals surface area contributed by atoms with Crippen LogP contribution in [-0.2, 0) is 6.42 Å². The summed E-state index contributed by atoms with van der Waals surface area (Å²) < 4.78 is 6.18. The number of halogens is 1. The van der Waals surface area contributed by atoms with E-state index in [1.165, 1.54) is 5.56 Å². The van der Waals surface area contributed by atoms with Gasteiger partial charge in [-0.15, -0.1) is 0 Å². The Morgan fingerprint density at radius 1 is 1.40 bits per heavy atom. The first-order chi connectivity index (χ1) is 9.65. The number of rotatable bonds is 5. The predicted octanol–water partition coefficient (Wildman–Crippen LogP) is 2.91. The molecule has 4 nitrogen and oxygen atoms in total. The molecule has 0 spiro atoms. The van der Waals surface area contributed by atoms with E-state index in [9.17, 15) is 0 Å². The van der Waals surface area contributed by atoms with E-state index in [0.29, 0.717) is 0 Å². The quantitative estimate of drug-likeness (QED) is 0.651. The number of nitrogens with two attached hydrogens (primary N) is 1. The fourth-order valence-corrected chi connectivity index (χ4v) is 2.79. The lowest BCUT2D eigenvalue weighted by molar-refractivity contribution is 0.412. The largest absolute Gasteiger partial charge is 0.496 e. The van der Waals surface area contributed by atoms with E-state index >= 15 is 0 Å². The molecule has 0 bridgehead atoms. The second-order valence-electron chi connectivity index (χ2n) is 4.62. The van der Waals surface area contributed by atoms with Gasteiger partial charge in [-0.1, -0.05) is 6.07 Å². The number of nitrogens with one attached hydrogen (secondary N) is 1. The lowest BCUT2D eigenvalue weighted by Crippen LogP contribution is -2.30. The molecular weight excluding hydrogens is 318 g/mol. The Hall–Kier alpha value is -1.43. The van der Waals surface area contributed by atoms with Crippen molar-refractivity contribution in [2.24, 2.45) is 5.84 Å². The number of pyridine rings is 1. The van der Waals surface area contributed by atoms with E-state index < -0.39 is 0 Å². The molecule has 0 saturated heterocycles. The lowest BCUT2D eigenvalue weighted by atomic mass is 9.97. The highest BCUT2D eigenvalue weighted by Gasteiger charge is 2.13. The summed E-state index contributed by atoms with van der Waals surface area (Å²) in [5.74, 6) is 6.53. The number of aryl methyl sites for hydroxylation is 1. The number of ether oxygens (including phenoxy) is 1. The summed E-state index contributed by atoms with van der Waals surface area (Å²) in [4.78, 5) is 4.11. The van der Waals surface area contributed by atoms with Gasteiger partial charge in [0, 0.05) is 12.4 Å². The zero-order chi connectivity index (χ0) is 14.5. The number of methoxy groups -OCH3 is 1. The van der Waals surface area contributed by atoms with Crippen molar-refractivity contribution >= 4 is 15.9 Å². The molecule has 2 rings (SSSR count). The number of benzene rings is 1. The molecule has 0 fully saturated rings. The van der Waals surface area contributed by atoms with Crippen LogP contribution in [0.4, 0.5) is 0 Å². The third-order valence-corrected chi connectivity index (χ3v) is 3.92. The summed E-state index contributed by atoms with van der Waals surface area (Å²) in [5.41, 5.74) is 6.35. The maximum Gasteiger partial charge on any atom is 0.133 e. The molecule has 5 heteroatoms. The fourth-order valence-electron chi connectivity index (χ4n) is 2.21. The van der Waals surface area contributed by atoms with Crippen LogP contribution in [-0.4, -0.2) is 12.1 Å². The van der Waals surface area contributed by atoms with Gasteiger partial charge in [0.2, 0.25) is 0 Å². The van der Waals surface area contributed by atoms with Crippen LogP contribution in [0.3, 0.4) is 0 Å². The second-order valence-corrected chi connectivity index (χ2v) is 5.48. The summed E-state index contributed by atoms with van der Waals surface area (Å²) in [7, 11) is 1.66. The van der Waals surface area contributed by atoms with Gasteiger partial charge in [0.05, 0.1) is 17.6 Å². The number of aromatic nitrogens is 1. The van der Waals surface area contributed by atoms with Crippen molar-refractivity contribution in [1.82, 2.24) is 10.4 Å². The molecule has 1 aromatic heterocycles. The third kappa shape index (κ3) is 3.36. The van der Waals surface area contributed by atoms with Crippen LogP contribution in [0.1, 0.15) is 22.7 Å². The Kier molecular flexibility index (Phi) is 5.11. The van der Waals surface area contributed by atoms with Crippen LogP contribution in [0.2, 0.25) is 0 Å². The van der Waals surface area contributed by atoms with E-state index in [1.807, 2.05) is 31.3 Å². The Morgan fingerprint density at radius 2 is 2.20 bits per heavy atom. The number of hydrogen-bond acceptors (Lipinski definition) is 4. The molecule has 1 unspecified atom stereocenters. The van der Waals surface area contributed by atoms with Crippen LogP contribution >= 0.6 is 15.9 Å². The molecule has 3 N–H and O–H groups in total. The minimum atomic E-state index is 0.0540. The Labute approximate surface area is 127 Å². The van der Waals surface area contributed by atoms with Crippen molar-refractivity contribution in [1.29, 1.82) is 0 Å². The topological polar surface area (TPSA) is 60.2 Å². The van der Waals surface area contributed by atoms with Crippen molar-refractivity contribution in [3.63, 3.8) is 0 Å². The van der Waals surface area contributed by atoms with Gasteiger partial charge in [0.25, 0.3) is 0 Å². The van der Waals surface area contributed by atoms with E-state index in [-0.39, 0.29) is 6.04 Å². The van der Waals surface area contributed by atoms with E-state index in [0.717, 1.165) is 27.8 Å². The molecule has 0 aliphatic rings. The van der Waals surface area contributed by atoms with Crippen LogP contribution in [0.5, 0.6) is 5.75 Å². The number of nitrogens with zero attached hydrogens (tertiary/aromatic N) is 1. The van der Waals surface area contributed by atoms with Crippen molar-refractivity contribution in [3.8, 4) is 5.75 Å². The first-order valence-corrected chi connectivity index (χ1v) is 7.14. The first-order valence-electron chi connectivity index (χ1n) is 6.34. The van der Waals surface area contributed by atoms with Crippen molar-refractivity contribution in [2.75, 3.05) is 7.11 Å². The second kappa shape index (κ2) is 6.83. The van der Waals surface area contributed by atoms with Crippen molar-refractivity contribution in [2.45, 2.75) is 19.4 Å². The van der Waals surface area contributed by atoms with Crippen LogP contribution in [0.15, 0.2) is 41.1 Å². The SMILES string of the molecule is COc1ccc(CC(NN)c2ccncc2C)cc1Br. The van der Waals surface area contributed by atoms with Gasteiger partial charge >= 0.3 is 0 Å². The summed E-state index contributed by atoms with van der Waals surface area (Å²) in [6.07, 6.45) is 4.43. The zero-order valence-corrected chi connectivity index (χ0v) is 13.1. The van der Waals surface area contributed by atoms with Gasteiger partial charge < -0.3 is 4.74 Å². The maximum absolute atomic E-state index is 5.71. The number of hydrazine groups is 1. The van der Waals surface area contributed by atoms with E-state index in [4.69, 9.17) is 10.6 Å². The fraction of sp³-hybridized carbons (Fsp3) is 0.267. The predicted molar refractivity (Wildman–Crippen MR) is 83.4 cm³/mol. The summed E-state index contributed by atoms with van der Waals surface area (Å²) >= 11 is 3.50. The van der Waals surface area contributed by atoms with E-state index in [2.05, 4.69) is 32.4 Å². The zero-order valence-electron chi connectivity index (χ0n) is 11.6. The van der Waals surface area contributed by atoms with Crippen molar-refractivity contribution in [3.05, 3.63) is 57.8 Å². The Bertz CT molecular complexity index is 589. The molecule has 1 aromatic carbocycles. The normalized spacial score (nSPS) is 12.2. The van der Waals surface area contributed by atoms with Gasteiger partial charge in [-0.2, -0.15) is 0 Å². The average Bonchev–Trinajstić information content (AvgIpc) is 2.46. The highest BCUT2D eigenvalue weighted by Crippen LogP contribution is 2.28. The molecule has 1 atom stereocenters. The van der Waals surface area contributed by atoms with E-state index in [1.54, 1.807) is 13.3 Å². The Balaban J connectivity index is 2.23. The summed E-state index contributed by atoms with van der Waals surface area (Å²) in [6, 6.07) is 8.10. The maximum atomic E-state index is 5.71. The molecular formula is C15H18BrN3O. The molecule has 0 radical (unpaired) electrons. The van der Waals surface area contributed by atoms with Crippen LogP contribution in [0.25, 0.3) is 0 Å². The lowest BCUT2D eigenvalue weighted by Gasteiger charge is -2.18. The van der Waals surface area contributed by atoms with Crippen LogP contribution in [0, 0.1) is 6.92 Å². The molecule has 0 aliphatic carbocycles. The highest BCUT2D eigenvalue weighted by atomic mass is 79.9. The van der Waals surface area contributed by atoms with Gasteiger partial charge in [0.1, 0.15) is 5.75 Å². The highest BCUT2D eigenvalue weighted by molar-refractivity contribution is 9.10. The molecule has 0 saturated carbocycles. The first kappa shape index (κ1) is 15.0. The third-order valence-electron chi connectivity index (χ3n) is 3.30.